The summed E-state index contributed by atoms with van der Waals surface area (Å²) in [6.45, 7) is 1.48. The van der Waals surface area contributed by atoms with E-state index in [1.807, 2.05) is 30.9 Å². The number of anilines is 1. The van der Waals surface area contributed by atoms with Crippen molar-refractivity contribution >= 4 is 16.7 Å². The number of nitrogens with zero attached hydrogens (tertiary/aromatic N) is 7. The molecule has 1 aliphatic heterocycles. The standard InChI is InChI=1S/C16H21N7O/c1-21-11-18-20-14(21)8-16(24)5-3-7-23(10-16)13-4-6-17-15-12(13)9-19-22(15)2/h4,6,9,11,24H,3,5,7-8,10H2,1-2H3. The maximum atomic E-state index is 11.1. The maximum Gasteiger partial charge on any atom is 0.159 e. The molecule has 1 N–H and O–H groups in total. The molecule has 0 aromatic carbocycles. The molecule has 1 fully saturated rings. The van der Waals surface area contributed by atoms with Crippen molar-refractivity contribution in [3.05, 3.63) is 30.6 Å². The van der Waals surface area contributed by atoms with Gasteiger partial charge < -0.3 is 14.6 Å². The van der Waals surface area contributed by atoms with Gasteiger partial charge in [-0.1, -0.05) is 0 Å². The summed E-state index contributed by atoms with van der Waals surface area (Å²) in [6.07, 6.45) is 7.50. The van der Waals surface area contributed by atoms with E-state index in [2.05, 4.69) is 25.2 Å². The largest absolute Gasteiger partial charge is 0.388 e. The smallest absolute Gasteiger partial charge is 0.159 e. The van der Waals surface area contributed by atoms with E-state index in [-0.39, 0.29) is 0 Å². The van der Waals surface area contributed by atoms with Crippen molar-refractivity contribution in [1.82, 2.24) is 29.5 Å². The SMILES string of the molecule is Cn1cnnc1CC1(O)CCCN(c2ccnc3c2cnn3C)C1. The Kier molecular flexibility index (Phi) is 3.49. The quantitative estimate of drug-likeness (QED) is 0.761. The second-order valence-corrected chi connectivity index (χ2v) is 6.62. The molecule has 1 unspecified atom stereocenters. The van der Waals surface area contributed by atoms with Gasteiger partial charge in [0.05, 0.1) is 22.9 Å². The minimum Gasteiger partial charge on any atom is -0.388 e. The monoisotopic (exact) mass is 327 g/mol. The normalized spacial score (nSPS) is 21.5. The number of fused-ring (bicyclic) bond motifs is 1. The third kappa shape index (κ3) is 2.52. The Labute approximate surface area is 139 Å². The topological polar surface area (TPSA) is 84.9 Å². The second-order valence-electron chi connectivity index (χ2n) is 6.62. The lowest BCUT2D eigenvalue weighted by atomic mass is 9.89. The van der Waals surface area contributed by atoms with E-state index in [0.717, 1.165) is 41.9 Å². The van der Waals surface area contributed by atoms with Crippen LogP contribution in [-0.2, 0) is 20.5 Å². The molecule has 4 heterocycles. The summed E-state index contributed by atoms with van der Waals surface area (Å²) < 4.78 is 3.64. The summed E-state index contributed by atoms with van der Waals surface area (Å²) in [6, 6.07) is 2.00. The molecule has 1 aliphatic rings. The van der Waals surface area contributed by atoms with Crippen LogP contribution in [0.25, 0.3) is 11.0 Å². The highest BCUT2D eigenvalue weighted by atomic mass is 16.3. The van der Waals surface area contributed by atoms with Gasteiger partial charge in [-0.15, -0.1) is 10.2 Å². The van der Waals surface area contributed by atoms with E-state index >= 15 is 0 Å². The van der Waals surface area contributed by atoms with Gasteiger partial charge in [0, 0.05) is 39.8 Å². The van der Waals surface area contributed by atoms with Gasteiger partial charge in [0.25, 0.3) is 0 Å². The Morgan fingerprint density at radius 3 is 3.00 bits per heavy atom. The lowest BCUT2D eigenvalue weighted by Gasteiger charge is -2.40. The first-order valence-electron chi connectivity index (χ1n) is 8.13. The third-order valence-corrected chi connectivity index (χ3v) is 4.80. The fourth-order valence-electron chi connectivity index (χ4n) is 3.53. The molecular weight excluding hydrogens is 306 g/mol. The summed E-state index contributed by atoms with van der Waals surface area (Å²) >= 11 is 0. The number of piperidine rings is 1. The van der Waals surface area contributed by atoms with Gasteiger partial charge in [-0.3, -0.25) is 4.68 Å². The van der Waals surface area contributed by atoms with Crippen molar-refractivity contribution in [2.75, 3.05) is 18.0 Å². The Hall–Kier alpha value is -2.48. The molecule has 0 radical (unpaired) electrons. The fourth-order valence-corrected chi connectivity index (χ4v) is 3.53. The number of aryl methyl sites for hydroxylation is 2. The van der Waals surface area contributed by atoms with E-state index in [4.69, 9.17) is 0 Å². The average molecular weight is 327 g/mol. The van der Waals surface area contributed by atoms with Crippen LogP contribution in [0.15, 0.2) is 24.8 Å². The lowest BCUT2D eigenvalue weighted by molar-refractivity contribution is 0.0239. The number of β-amino-alcohol motifs (C(OH)–C–C–N with tert-alkyl or cyclic N) is 1. The molecule has 3 aromatic rings. The van der Waals surface area contributed by atoms with Crippen LogP contribution in [0.4, 0.5) is 5.69 Å². The molecule has 0 amide bonds. The minimum absolute atomic E-state index is 0.501. The average Bonchev–Trinajstić information content (AvgIpc) is 3.14. The molecule has 8 heteroatoms. The van der Waals surface area contributed by atoms with Gasteiger partial charge >= 0.3 is 0 Å². The number of pyridine rings is 1. The number of rotatable bonds is 3. The van der Waals surface area contributed by atoms with Crippen molar-refractivity contribution in [1.29, 1.82) is 0 Å². The van der Waals surface area contributed by atoms with Crippen molar-refractivity contribution in [2.24, 2.45) is 14.1 Å². The molecular formula is C16H21N7O. The number of hydrogen-bond donors (Lipinski definition) is 1. The van der Waals surface area contributed by atoms with Gasteiger partial charge in [0.2, 0.25) is 0 Å². The zero-order valence-electron chi connectivity index (χ0n) is 13.9. The first-order valence-corrected chi connectivity index (χ1v) is 8.13. The molecule has 0 aliphatic carbocycles. The molecule has 1 saturated heterocycles. The molecule has 0 spiro atoms. The Morgan fingerprint density at radius 1 is 1.33 bits per heavy atom. The van der Waals surface area contributed by atoms with Crippen LogP contribution in [0.3, 0.4) is 0 Å². The summed E-state index contributed by atoms with van der Waals surface area (Å²) in [4.78, 5) is 6.62. The molecule has 24 heavy (non-hydrogen) atoms. The van der Waals surface area contributed by atoms with Crippen molar-refractivity contribution in [3.63, 3.8) is 0 Å². The predicted octanol–water partition coefficient (Wildman–Crippen LogP) is 0.671. The fraction of sp³-hybridized carbons (Fsp3) is 0.500. The summed E-state index contributed by atoms with van der Waals surface area (Å²) in [5.41, 5.74) is 1.12. The van der Waals surface area contributed by atoms with Gasteiger partial charge in [0.15, 0.2) is 5.65 Å². The van der Waals surface area contributed by atoms with Crippen molar-refractivity contribution in [2.45, 2.75) is 24.9 Å². The number of hydrogen-bond acceptors (Lipinski definition) is 6. The van der Waals surface area contributed by atoms with Gasteiger partial charge in [-0.25, -0.2) is 4.98 Å². The first kappa shape index (κ1) is 15.1. The summed E-state index contributed by atoms with van der Waals surface area (Å²) in [7, 11) is 3.79. The zero-order valence-corrected chi connectivity index (χ0v) is 13.9. The van der Waals surface area contributed by atoms with Gasteiger partial charge in [-0.2, -0.15) is 5.10 Å². The van der Waals surface area contributed by atoms with E-state index in [1.54, 1.807) is 17.2 Å². The Bertz CT molecular complexity index is 870. The third-order valence-electron chi connectivity index (χ3n) is 4.80. The number of aliphatic hydroxyl groups is 1. The van der Waals surface area contributed by atoms with Crippen LogP contribution in [0.5, 0.6) is 0 Å². The first-order chi connectivity index (χ1) is 11.6. The Morgan fingerprint density at radius 2 is 2.21 bits per heavy atom. The van der Waals surface area contributed by atoms with Gasteiger partial charge in [-0.05, 0) is 18.9 Å². The van der Waals surface area contributed by atoms with Crippen LogP contribution < -0.4 is 4.90 Å². The van der Waals surface area contributed by atoms with Crippen LogP contribution in [-0.4, -0.2) is 53.3 Å². The second kappa shape index (κ2) is 5.55. The van der Waals surface area contributed by atoms with Crippen LogP contribution in [0.2, 0.25) is 0 Å². The molecule has 3 aromatic heterocycles. The molecule has 0 saturated carbocycles. The summed E-state index contributed by atoms with van der Waals surface area (Å²) in [5.74, 6) is 0.806. The molecule has 4 rings (SSSR count). The highest BCUT2D eigenvalue weighted by Crippen LogP contribution is 2.31. The molecule has 126 valence electrons. The highest BCUT2D eigenvalue weighted by Gasteiger charge is 2.35. The van der Waals surface area contributed by atoms with E-state index in [1.165, 1.54) is 0 Å². The van der Waals surface area contributed by atoms with Crippen LogP contribution in [0.1, 0.15) is 18.7 Å². The van der Waals surface area contributed by atoms with E-state index < -0.39 is 5.60 Å². The molecule has 8 nitrogen and oxygen atoms in total. The molecule has 0 bridgehead atoms. The predicted molar refractivity (Wildman–Crippen MR) is 89.6 cm³/mol. The van der Waals surface area contributed by atoms with Crippen LogP contribution >= 0.6 is 0 Å². The minimum atomic E-state index is -0.809. The maximum absolute atomic E-state index is 11.1. The van der Waals surface area contributed by atoms with E-state index in [0.29, 0.717) is 13.0 Å². The van der Waals surface area contributed by atoms with Crippen molar-refractivity contribution < 1.29 is 5.11 Å². The van der Waals surface area contributed by atoms with E-state index in [9.17, 15) is 5.11 Å². The van der Waals surface area contributed by atoms with Gasteiger partial charge in [0.1, 0.15) is 12.2 Å². The van der Waals surface area contributed by atoms with Crippen LogP contribution in [0, 0.1) is 0 Å². The number of aromatic nitrogens is 6. The Balaban J connectivity index is 1.63. The zero-order chi connectivity index (χ0) is 16.7. The molecule has 1 atom stereocenters. The summed E-state index contributed by atoms with van der Waals surface area (Å²) in [5, 5.41) is 24.5. The van der Waals surface area contributed by atoms with Crippen molar-refractivity contribution in [3.8, 4) is 0 Å². The lowest BCUT2D eigenvalue weighted by Crippen LogP contribution is -2.50. The highest BCUT2D eigenvalue weighted by molar-refractivity contribution is 5.89.